The second-order valence-electron chi connectivity index (χ2n) is 8.45. The maximum absolute atomic E-state index is 13.5. The third kappa shape index (κ3) is 4.44. The van der Waals surface area contributed by atoms with Crippen LogP contribution in [0.5, 0.6) is 0 Å². The zero-order chi connectivity index (χ0) is 24.2. The zero-order valence-corrected chi connectivity index (χ0v) is 19.9. The normalized spacial score (nSPS) is 11.3. The van der Waals surface area contributed by atoms with Crippen molar-refractivity contribution in [2.45, 2.75) is 46.2 Å². The van der Waals surface area contributed by atoms with Gasteiger partial charge in [0.25, 0.3) is 0 Å². The fourth-order valence-electron chi connectivity index (χ4n) is 4.36. The molecule has 0 saturated heterocycles. The van der Waals surface area contributed by atoms with Crippen LogP contribution in [0.15, 0.2) is 71.9 Å². The highest BCUT2D eigenvalue weighted by molar-refractivity contribution is 5.79. The molecule has 9 nitrogen and oxygen atoms in total. The van der Waals surface area contributed by atoms with Crippen LogP contribution < -0.4 is 5.69 Å². The second kappa shape index (κ2) is 9.92. The van der Waals surface area contributed by atoms with Crippen molar-refractivity contribution in [1.82, 2.24) is 39.3 Å². The van der Waals surface area contributed by atoms with Gasteiger partial charge in [0.05, 0.1) is 12.2 Å². The van der Waals surface area contributed by atoms with E-state index in [1.54, 1.807) is 4.57 Å². The lowest BCUT2D eigenvalue weighted by molar-refractivity contribution is 0.657. The number of aromatic nitrogens is 8. The van der Waals surface area contributed by atoms with Gasteiger partial charge < -0.3 is 4.57 Å². The van der Waals surface area contributed by atoms with E-state index in [4.69, 9.17) is 4.98 Å². The van der Waals surface area contributed by atoms with Crippen molar-refractivity contribution in [2.75, 3.05) is 0 Å². The molecule has 0 fully saturated rings. The van der Waals surface area contributed by atoms with Crippen LogP contribution in [0.4, 0.5) is 0 Å². The van der Waals surface area contributed by atoms with E-state index in [1.807, 2.05) is 71.7 Å². The van der Waals surface area contributed by atoms with E-state index in [0.717, 1.165) is 59.7 Å². The largest absolute Gasteiger partial charge is 0.334 e. The van der Waals surface area contributed by atoms with Crippen LogP contribution in [0.3, 0.4) is 0 Å². The zero-order valence-electron chi connectivity index (χ0n) is 19.9. The number of aromatic amines is 1. The summed E-state index contributed by atoms with van der Waals surface area (Å²) in [6.07, 6.45) is 8.76. The molecule has 5 aromatic rings. The third-order valence-electron chi connectivity index (χ3n) is 6.22. The minimum absolute atomic E-state index is 0.0430. The van der Waals surface area contributed by atoms with Crippen LogP contribution in [0.25, 0.3) is 28.3 Å². The van der Waals surface area contributed by atoms with Crippen molar-refractivity contribution in [3.63, 3.8) is 0 Å². The summed E-state index contributed by atoms with van der Waals surface area (Å²) in [7, 11) is 0. The Bertz CT molecular complexity index is 1460. The maximum Gasteiger partial charge on any atom is 0.334 e. The Balaban J connectivity index is 1.47. The van der Waals surface area contributed by atoms with Gasteiger partial charge in [0.1, 0.15) is 5.82 Å². The Kier molecular flexibility index (Phi) is 6.38. The first-order valence-electron chi connectivity index (χ1n) is 11.9. The molecule has 0 atom stereocenters. The Labute approximate surface area is 203 Å². The van der Waals surface area contributed by atoms with E-state index in [-0.39, 0.29) is 5.69 Å². The van der Waals surface area contributed by atoms with Gasteiger partial charge in [-0.1, -0.05) is 43.7 Å². The summed E-state index contributed by atoms with van der Waals surface area (Å²) in [4.78, 5) is 18.2. The first-order valence-corrected chi connectivity index (χ1v) is 11.9. The van der Waals surface area contributed by atoms with E-state index >= 15 is 0 Å². The van der Waals surface area contributed by atoms with Crippen molar-refractivity contribution in [2.24, 2.45) is 0 Å². The summed E-state index contributed by atoms with van der Waals surface area (Å²) in [6.45, 7) is 5.46. The topological polar surface area (TPSA) is 99.2 Å². The SMILES string of the molecule is CCCCc1cn(-c2cccn2CC)c(=O)n1Cc1ccc(-c2ccccc2-c2nnn[nH]2)cn1. The summed E-state index contributed by atoms with van der Waals surface area (Å²) in [5, 5.41) is 14.3. The highest BCUT2D eigenvalue weighted by Crippen LogP contribution is 2.29. The molecule has 0 spiro atoms. The molecule has 0 bridgehead atoms. The lowest BCUT2D eigenvalue weighted by Crippen LogP contribution is -2.26. The van der Waals surface area contributed by atoms with Crippen LogP contribution in [0, 0.1) is 0 Å². The van der Waals surface area contributed by atoms with Crippen LogP contribution >= 0.6 is 0 Å². The van der Waals surface area contributed by atoms with E-state index < -0.39 is 0 Å². The molecule has 1 aromatic carbocycles. The van der Waals surface area contributed by atoms with Crippen LogP contribution in [0.1, 0.15) is 38.1 Å². The van der Waals surface area contributed by atoms with E-state index in [2.05, 4.69) is 39.0 Å². The summed E-state index contributed by atoms with van der Waals surface area (Å²) in [5.41, 5.74) is 4.65. The predicted molar refractivity (Wildman–Crippen MR) is 134 cm³/mol. The number of pyridine rings is 1. The molecule has 0 radical (unpaired) electrons. The van der Waals surface area contributed by atoms with Gasteiger partial charge in [-0.3, -0.25) is 14.1 Å². The molecule has 0 unspecified atom stereocenters. The quantitative estimate of drug-likeness (QED) is 0.351. The molecule has 5 rings (SSSR count). The summed E-state index contributed by atoms with van der Waals surface area (Å²) in [6, 6.07) is 15.9. The number of hydrogen-bond acceptors (Lipinski definition) is 5. The molecule has 4 aromatic heterocycles. The van der Waals surface area contributed by atoms with Crippen LogP contribution in [0.2, 0.25) is 0 Å². The Hall–Kier alpha value is -4.27. The number of H-pyrrole nitrogens is 1. The van der Waals surface area contributed by atoms with Crippen LogP contribution in [-0.2, 0) is 19.5 Å². The molecule has 0 amide bonds. The number of rotatable bonds is 9. The number of hydrogen-bond donors (Lipinski definition) is 1. The highest BCUT2D eigenvalue weighted by atomic mass is 16.1. The molecule has 35 heavy (non-hydrogen) atoms. The number of tetrazole rings is 1. The molecule has 9 heteroatoms. The number of imidazole rings is 1. The molecule has 4 heterocycles. The molecule has 1 N–H and O–H groups in total. The molecular formula is C26H28N8O. The highest BCUT2D eigenvalue weighted by Gasteiger charge is 2.16. The first kappa shape index (κ1) is 22.5. The van der Waals surface area contributed by atoms with E-state index in [0.29, 0.717) is 12.4 Å². The fraction of sp³-hybridized carbons (Fsp3) is 0.269. The minimum Gasteiger partial charge on any atom is -0.334 e. The number of nitrogens with one attached hydrogen (secondary N) is 1. The maximum atomic E-state index is 13.5. The average molecular weight is 469 g/mol. The van der Waals surface area contributed by atoms with Gasteiger partial charge in [-0.25, -0.2) is 9.89 Å². The van der Waals surface area contributed by atoms with Crippen LogP contribution in [-0.4, -0.2) is 39.3 Å². The van der Waals surface area contributed by atoms with Gasteiger partial charge in [0, 0.05) is 42.0 Å². The van der Waals surface area contributed by atoms with Gasteiger partial charge in [-0.15, -0.1) is 5.10 Å². The number of unbranched alkanes of at least 4 members (excludes halogenated alkanes) is 1. The van der Waals surface area contributed by atoms with Crippen molar-refractivity contribution in [3.8, 4) is 28.3 Å². The molecular weight excluding hydrogens is 440 g/mol. The molecule has 0 aliphatic heterocycles. The van der Waals surface area contributed by atoms with Crippen molar-refractivity contribution >= 4 is 0 Å². The van der Waals surface area contributed by atoms with Gasteiger partial charge in [0.2, 0.25) is 0 Å². The fourth-order valence-corrected chi connectivity index (χ4v) is 4.36. The first-order chi connectivity index (χ1) is 17.2. The standard InChI is InChI=1S/C26H28N8O/c1-3-5-9-21-18-34(24-12-8-15-32(24)4-2)26(35)33(21)17-20-14-13-19(16-27-20)22-10-6-7-11-23(22)25-28-30-31-29-25/h6-8,10-16,18H,3-5,9,17H2,1-2H3,(H,28,29,30,31). The van der Waals surface area contributed by atoms with Crippen molar-refractivity contribution in [3.05, 3.63) is 89.0 Å². The Morgan fingerprint density at radius 1 is 1.00 bits per heavy atom. The average Bonchev–Trinajstić information content (AvgIpc) is 3.65. The summed E-state index contributed by atoms with van der Waals surface area (Å²) in [5.74, 6) is 1.49. The summed E-state index contributed by atoms with van der Waals surface area (Å²) < 4.78 is 5.67. The molecule has 0 saturated carbocycles. The van der Waals surface area contributed by atoms with E-state index in [1.165, 1.54) is 0 Å². The summed E-state index contributed by atoms with van der Waals surface area (Å²) >= 11 is 0. The Morgan fingerprint density at radius 2 is 1.86 bits per heavy atom. The van der Waals surface area contributed by atoms with Crippen molar-refractivity contribution < 1.29 is 0 Å². The number of nitrogens with zero attached hydrogens (tertiary/aromatic N) is 7. The minimum atomic E-state index is -0.0430. The third-order valence-corrected chi connectivity index (χ3v) is 6.22. The second-order valence-corrected chi connectivity index (χ2v) is 8.45. The van der Waals surface area contributed by atoms with Gasteiger partial charge >= 0.3 is 5.69 Å². The van der Waals surface area contributed by atoms with Crippen molar-refractivity contribution in [1.29, 1.82) is 0 Å². The van der Waals surface area contributed by atoms with E-state index in [9.17, 15) is 4.79 Å². The molecule has 0 aliphatic rings. The predicted octanol–water partition coefficient (Wildman–Crippen LogP) is 4.09. The van der Waals surface area contributed by atoms with Gasteiger partial charge in [-0.2, -0.15) is 0 Å². The number of aryl methyl sites for hydroxylation is 2. The molecule has 0 aliphatic carbocycles. The van der Waals surface area contributed by atoms with Gasteiger partial charge in [0.15, 0.2) is 5.82 Å². The smallest absolute Gasteiger partial charge is 0.334 e. The number of benzene rings is 1. The van der Waals surface area contributed by atoms with Gasteiger partial charge in [-0.05, 0) is 54.0 Å². The monoisotopic (exact) mass is 468 g/mol. The Morgan fingerprint density at radius 3 is 2.57 bits per heavy atom. The lowest BCUT2D eigenvalue weighted by Gasteiger charge is -2.09. The lowest BCUT2D eigenvalue weighted by atomic mass is 10.0. The molecule has 178 valence electrons.